The number of nitriles is 1. The molecule has 0 spiro atoms. The number of methoxy groups -OCH3 is 1. The molecule has 0 heterocycles. The molecule has 4 aromatic rings. The van der Waals surface area contributed by atoms with Gasteiger partial charge in [-0.1, -0.05) is 78.3 Å². The van der Waals surface area contributed by atoms with Crippen molar-refractivity contribution < 1.29 is 14.3 Å². The molecular formula is C31H24ClNO3. The summed E-state index contributed by atoms with van der Waals surface area (Å²) in [6.45, 7) is 0. The summed E-state index contributed by atoms with van der Waals surface area (Å²) in [5.74, 6) is 0.258. The molecule has 4 rings (SSSR count). The molecule has 0 saturated carbocycles. The number of carbonyl (C=O) groups excluding carboxylic acids is 1. The Morgan fingerprint density at radius 1 is 0.889 bits per heavy atom. The SMILES string of the molecule is COc1cc(/C=C(\C#N)c2ccc(Cl)cc2)ccc1OC(=O)c1ccccc1CCc1ccccc1. The van der Waals surface area contributed by atoms with Crippen molar-refractivity contribution in [2.24, 2.45) is 0 Å². The third kappa shape index (κ3) is 6.21. The Bertz CT molecular complexity index is 1420. The highest BCUT2D eigenvalue weighted by atomic mass is 35.5. The standard InChI is InChI=1S/C31H24ClNO3/c1-35-30-20-23(19-26(21-33)24-14-16-27(32)17-15-24)12-18-29(30)36-31(34)28-10-6-5-9-25(28)13-11-22-7-3-2-4-8-22/h2-10,12,14-20H,11,13H2,1H3/b26-19+. The number of aryl methyl sites for hydroxylation is 2. The maximum Gasteiger partial charge on any atom is 0.343 e. The summed E-state index contributed by atoms with van der Waals surface area (Å²) in [5.41, 5.74) is 4.62. The Kier molecular flexibility index (Phi) is 8.18. The first kappa shape index (κ1) is 24.8. The van der Waals surface area contributed by atoms with E-state index in [0.29, 0.717) is 27.7 Å². The van der Waals surface area contributed by atoms with E-state index < -0.39 is 5.97 Å². The molecule has 0 saturated heterocycles. The summed E-state index contributed by atoms with van der Waals surface area (Å²) in [6.07, 6.45) is 3.29. The quantitative estimate of drug-likeness (QED) is 0.111. The van der Waals surface area contributed by atoms with Crippen LogP contribution in [0.4, 0.5) is 0 Å². The minimum atomic E-state index is -0.445. The van der Waals surface area contributed by atoms with Crippen molar-refractivity contribution in [2.75, 3.05) is 7.11 Å². The number of nitrogens with zero attached hydrogens (tertiary/aromatic N) is 1. The predicted octanol–water partition coefficient (Wildman–Crippen LogP) is 7.42. The van der Waals surface area contributed by atoms with Gasteiger partial charge in [-0.2, -0.15) is 5.26 Å². The third-order valence-corrected chi connectivity index (χ3v) is 5.99. The van der Waals surface area contributed by atoms with Crippen LogP contribution in [-0.4, -0.2) is 13.1 Å². The highest BCUT2D eigenvalue weighted by Gasteiger charge is 2.16. The molecule has 4 nitrogen and oxygen atoms in total. The van der Waals surface area contributed by atoms with Gasteiger partial charge in [0, 0.05) is 5.02 Å². The van der Waals surface area contributed by atoms with Gasteiger partial charge in [0.25, 0.3) is 0 Å². The lowest BCUT2D eigenvalue weighted by molar-refractivity contribution is 0.0728. The largest absolute Gasteiger partial charge is 0.493 e. The molecule has 0 aliphatic rings. The summed E-state index contributed by atoms with van der Waals surface area (Å²) in [4.78, 5) is 13.1. The molecule has 36 heavy (non-hydrogen) atoms. The summed E-state index contributed by atoms with van der Waals surface area (Å²) in [7, 11) is 1.51. The van der Waals surface area contributed by atoms with Gasteiger partial charge in [-0.25, -0.2) is 4.79 Å². The third-order valence-electron chi connectivity index (χ3n) is 5.74. The fourth-order valence-electron chi connectivity index (χ4n) is 3.85. The molecule has 0 amide bonds. The molecule has 0 radical (unpaired) electrons. The zero-order valence-electron chi connectivity index (χ0n) is 19.8. The molecule has 0 atom stereocenters. The van der Waals surface area contributed by atoms with Gasteiger partial charge in [0.05, 0.1) is 24.3 Å². The van der Waals surface area contributed by atoms with Gasteiger partial charge in [0.15, 0.2) is 11.5 Å². The molecule has 178 valence electrons. The van der Waals surface area contributed by atoms with E-state index in [4.69, 9.17) is 21.1 Å². The van der Waals surface area contributed by atoms with Crippen molar-refractivity contribution in [1.29, 1.82) is 5.26 Å². The lowest BCUT2D eigenvalue weighted by Crippen LogP contribution is -2.12. The Morgan fingerprint density at radius 2 is 1.61 bits per heavy atom. The van der Waals surface area contributed by atoms with Gasteiger partial charge in [0.1, 0.15) is 0 Å². The molecule has 0 N–H and O–H groups in total. The number of ether oxygens (including phenoxy) is 2. The normalized spacial score (nSPS) is 11.0. The average Bonchev–Trinajstić information content (AvgIpc) is 2.92. The van der Waals surface area contributed by atoms with E-state index >= 15 is 0 Å². The van der Waals surface area contributed by atoms with Crippen LogP contribution >= 0.6 is 11.6 Å². The number of rotatable bonds is 8. The minimum absolute atomic E-state index is 0.308. The summed E-state index contributed by atoms with van der Waals surface area (Å²) < 4.78 is 11.2. The molecule has 0 aromatic heterocycles. The van der Waals surface area contributed by atoms with Crippen molar-refractivity contribution in [1.82, 2.24) is 0 Å². The van der Waals surface area contributed by atoms with Crippen LogP contribution < -0.4 is 9.47 Å². The zero-order chi connectivity index (χ0) is 25.3. The van der Waals surface area contributed by atoms with Crippen LogP contribution in [0, 0.1) is 11.3 Å². The second-order valence-electron chi connectivity index (χ2n) is 8.12. The fourth-order valence-corrected chi connectivity index (χ4v) is 3.98. The highest BCUT2D eigenvalue weighted by Crippen LogP contribution is 2.31. The zero-order valence-corrected chi connectivity index (χ0v) is 20.5. The van der Waals surface area contributed by atoms with Crippen LogP contribution in [-0.2, 0) is 12.8 Å². The van der Waals surface area contributed by atoms with Crippen LogP contribution in [0.2, 0.25) is 5.02 Å². The van der Waals surface area contributed by atoms with Crippen molar-refractivity contribution in [2.45, 2.75) is 12.8 Å². The van der Waals surface area contributed by atoms with Gasteiger partial charge in [-0.05, 0) is 71.5 Å². The molecule has 4 aromatic carbocycles. The van der Waals surface area contributed by atoms with E-state index in [0.717, 1.165) is 29.5 Å². The fraction of sp³-hybridized carbons (Fsp3) is 0.0968. The van der Waals surface area contributed by atoms with Crippen molar-refractivity contribution in [3.05, 3.63) is 130 Å². The van der Waals surface area contributed by atoms with E-state index in [-0.39, 0.29) is 0 Å². The number of carbonyl (C=O) groups is 1. The Hall–Kier alpha value is -4.33. The topological polar surface area (TPSA) is 59.3 Å². The van der Waals surface area contributed by atoms with E-state index in [9.17, 15) is 10.1 Å². The molecule has 0 unspecified atom stereocenters. The van der Waals surface area contributed by atoms with Gasteiger partial charge in [-0.3, -0.25) is 0 Å². The second kappa shape index (κ2) is 11.9. The van der Waals surface area contributed by atoms with Gasteiger partial charge in [-0.15, -0.1) is 0 Å². The van der Waals surface area contributed by atoms with Crippen LogP contribution in [0.5, 0.6) is 11.5 Å². The number of hydrogen-bond donors (Lipinski definition) is 0. The Labute approximate surface area is 216 Å². The van der Waals surface area contributed by atoms with E-state index in [1.54, 1.807) is 54.6 Å². The van der Waals surface area contributed by atoms with Gasteiger partial charge >= 0.3 is 5.97 Å². The molecule has 0 aliphatic heterocycles. The number of halogens is 1. The van der Waals surface area contributed by atoms with Crippen LogP contribution in [0.1, 0.15) is 32.6 Å². The maximum atomic E-state index is 13.1. The first-order chi connectivity index (χ1) is 17.6. The number of esters is 1. The summed E-state index contributed by atoms with van der Waals surface area (Å²) in [5, 5.41) is 10.2. The van der Waals surface area contributed by atoms with Crippen molar-refractivity contribution in [3.63, 3.8) is 0 Å². The van der Waals surface area contributed by atoms with Crippen molar-refractivity contribution >= 4 is 29.2 Å². The number of benzene rings is 4. The van der Waals surface area contributed by atoms with E-state index in [1.165, 1.54) is 12.7 Å². The lowest BCUT2D eigenvalue weighted by Gasteiger charge is -2.12. The summed E-state index contributed by atoms with van der Waals surface area (Å²) in [6, 6.07) is 32.1. The smallest absolute Gasteiger partial charge is 0.343 e. The summed E-state index contributed by atoms with van der Waals surface area (Å²) >= 11 is 5.96. The average molecular weight is 494 g/mol. The highest BCUT2D eigenvalue weighted by molar-refractivity contribution is 6.30. The minimum Gasteiger partial charge on any atom is -0.493 e. The molecule has 0 aliphatic carbocycles. The molecular weight excluding hydrogens is 470 g/mol. The number of hydrogen-bond acceptors (Lipinski definition) is 4. The number of allylic oxidation sites excluding steroid dienone is 1. The van der Waals surface area contributed by atoms with Crippen LogP contribution in [0.15, 0.2) is 97.1 Å². The molecule has 0 fully saturated rings. The van der Waals surface area contributed by atoms with Crippen molar-refractivity contribution in [3.8, 4) is 17.6 Å². The van der Waals surface area contributed by atoms with Gasteiger partial charge in [0.2, 0.25) is 0 Å². The first-order valence-corrected chi connectivity index (χ1v) is 11.8. The molecule has 5 heteroatoms. The van der Waals surface area contributed by atoms with Crippen LogP contribution in [0.25, 0.3) is 11.6 Å². The van der Waals surface area contributed by atoms with Crippen LogP contribution in [0.3, 0.4) is 0 Å². The lowest BCUT2D eigenvalue weighted by atomic mass is 10.00. The Balaban J connectivity index is 1.53. The van der Waals surface area contributed by atoms with Gasteiger partial charge < -0.3 is 9.47 Å². The van der Waals surface area contributed by atoms with E-state index in [2.05, 4.69) is 18.2 Å². The first-order valence-electron chi connectivity index (χ1n) is 11.5. The Morgan fingerprint density at radius 3 is 2.33 bits per heavy atom. The predicted molar refractivity (Wildman–Crippen MR) is 143 cm³/mol. The van der Waals surface area contributed by atoms with E-state index in [1.807, 2.05) is 36.4 Å². The monoisotopic (exact) mass is 493 g/mol. The maximum absolute atomic E-state index is 13.1. The molecule has 0 bridgehead atoms. The second-order valence-corrected chi connectivity index (χ2v) is 8.56.